The van der Waals surface area contributed by atoms with Gasteiger partial charge in [0, 0.05) is 24.7 Å². The molecule has 4 aromatic rings. The zero-order valence-corrected chi connectivity index (χ0v) is 18.9. The SMILES string of the molecule is CCc1ccc(OC)c(SNc2noc3cc(Oc4cccc(CN)n4)cc(OC)c23)c1. The van der Waals surface area contributed by atoms with Crippen LogP contribution in [-0.2, 0) is 13.0 Å². The van der Waals surface area contributed by atoms with Crippen LogP contribution in [0, 0.1) is 0 Å². The summed E-state index contributed by atoms with van der Waals surface area (Å²) in [5.41, 5.74) is 8.13. The predicted octanol–water partition coefficient (Wildman–Crippen LogP) is 5.17. The highest BCUT2D eigenvalue weighted by atomic mass is 32.2. The fraction of sp³-hybridized carbons (Fsp3) is 0.217. The summed E-state index contributed by atoms with van der Waals surface area (Å²) >= 11 is 1.40. The van der Waals surface area contributed by atoms with Gasteiger partial charge in [0.2, 0.25) is 5.88 Å². The molecule has 2 aromatic carbocycles. The molecule has 0 aliphatic heterocycles. The van der Waals surface area contributed by atoms with E-state index in [1.807, 2.05) is 18.2 Å². The lowest BCUT2D eigenvalue weighted by Gasteiger charge is -2.11. The van der Waals surface area contributed by atoms with Crippen LogP contribution in [0.25, 0.3) is 11.0 Å². The fourth-order valence-electron chi connectivity index (χ4n) is 3.17. The van der Waals surface area contributed by atoms with Gasteiger partial charge < -0.3 is 29.2 Å². The van der Waals surface area contributed by atoms with Crippen LogP contribution >= 0.6 is 11.9 Å². The van der Waals surface area contributed by atoms with Crippen molar-refractivity contribution in [1.29, 1.82) is 0 Å². The van der Waals surface area contributed by atoms with E-state index >= 15 is 0 Å². The number of anilines is 1. The number of fused-ring (bicyclic) bond motifs is 1. The number of aryl methyl sites for hydroxylation is 1. The van der Waals surface area contributed by atoms with Crippen molar-refractivity contribution in [1.82, 2.24) is 10.1 Å². The van der Waals surface area contributed by atoms with E-state index in [1.165, 1.54) is 17.5 Å². The highest BCUT2D eigenvalue weighted by molar-refractivity contribution is 8.00. The minimum Gasteiger partial charge on any atom is -0.496 e. The van der Waals surface area contributed by atoms with Gasteiger partial charge in [0.1, 0.15) is 22.6 Å². The molecule has 0 aliphatic rings. The summed E-state index contributed by atoms with van der Waals surface area (Å²) in [6.45, 7) is 2.45. The maximum Gasteiger partial charge on any atom is 0.219 e. The van der Waals surface area contributed by atoms with E-state index in [1.54, 1.807) is 32.4 Å². The lowest BCUT2D eigenvalue weighted by molar-refractivity contribution is 0.404. The van der Waals surface area contributed by atoms with E-state index in [9.17, 15) is 0 Å². The Balaban J connectivity index is 1.60. The zero-order valence-electron chi connectivity index (χ0n) is 18.0. The van der Waals surface area contributed by atoms with Crippen molar-refractivity contribution in [3.8, 4) is 23.1 Å². The Hall–Kier alpha value is -3.43. The second-order valence-electron chi connectivity index (χ2n) is 6.85. The van der Waals surface area contributed by atoms with Gasteiger partial charge in [-0.2, -0.15) is 0 Å². The van der Waals surface area contributed by atoms with E-state index in [4.69, 9.17) is 24.5 Å². The molecule has 2 aromatic heterocycles. The first-order valence-corrected chi connectivity index (χ1v) is 10.9. The quantitative estimate of drug-likeness (QED) is 0.333. The van der Waals surface area contributed by atoms with Gasteiger partial charge >= 0.3 is 0 Å². The minimum absolute atomic E-state index is 0.334. The van der Waals surface area contributed by atoms with E-state index < -0.39 is 0 Å². The van der Waals surface area contributed by atoms with Gasteiger partial charge in [0.15, 0.2) is 11.4 Å². The topological polar surface area (TPSA) is 105 Å². The summed E-state index contributed by atoms with van der Waals surface area (Å²) in [6.07, 6.45) is 0.935. The Labute approximate surface area is 190 Å². The molecule has 0 radical (unpaired) electrons. The third-order valence-corrected chi connectivity index (χ3v) is 5.67. The maximum absolute atomic E-state index is 5.89. The van der Waals surface area contributed by atoms with Crippen LogP contribution in [-0.4, -0.2) is 24.4 Å². The average molecular weight is 453 g/mol. The highest BCUT2D eigenvalue weighted by Crippen LogP contribution is 2.39. The molecule has 0 bridgehead atoms. The number of rotatable bonds is 9. The second-order valence-corrected chi connectivity index (χ2v) is 7.69. The van der Waals surface area contributed by atoms with Crippen LogP contribution in [0.4, 0.5) is 5.82 Å². The normalized spacial score (nSPS) is 10.9. The minimum atomic E-state index is 0.334. The molecule has 8 nitrogen and oxygen atoms in total. The van der Waals surface area contributed by atoms with Gasteiger partial charge in [-0.05, 0) is 42.1 Å². The first-order valence-electron chi connectivity index (χ1n) is 10.1. The number of nitrogens with one attached hydrogen (secondary N) is 1. The van der Waals surface area contributed by atoms with Gasteiger partial charge in [-0.15, -0.1) is 0 Å². The molecule has 4 rings (SSSR count). The van der Waals surface area contributed by atoms with Crippen molar-refractivity contribution in [2.24, 2.45) is 5.73 Å². The molecular weight excluding hydrogens is 428 g/mol. The number of aromatic nitrogens is 2. The third kappa shape index (κ3) is 4.58. The van der Waals surface area contributed by atoms with Crippen LogP contribution in [0.5, 0.6) is 23.1 Å². The monoisotopic (exact) mass is 452 g/mol. The zero-order chi connectivity index (χ0) is 22.5. The Bertz CT molecular complexity index is 1230. The van der Waals surface area contributed by atoms with Gasteiger partial charge in [0.25, 0.3) is 0 Å². The van der Waals surface area contributed by atoms with Crippen molar-refractivity contribution >= 4 is 28.7 Å². The molecule has 3 N–H and O–H groups in total. The van der Waals surface area contributed by atoms with Crippen LogP contribution in [0.3, 0.4) is 0 Å². The number of hydrogen-bond acceptors (Lipinski definition) is 9. The van der Waals surface area contributed by atoms with Gasteiger partial charge in [-0.25, -0.2) is 4.98 Å². The number of hydrogen-bond donors (Lipinski definition) is 2. The molecular formula is C23H24N4O4S. The van der Waals surface area contributed by atoms with Gasteiger partial charge in [-0.1, -0.05) is 24.2 Å². The number of ether oxygens (including phenoxy) is 3. The summed E-state index contributed by atoms with van der Waals surface area (Å²) < 4.78 is 25.8. The molecule has 166 valence electrons. The van der Waals surface area contributed by atoms with Crippen molar-refractivity contribution in [3.05, 3.63) is 59.8 Å². The van der Waals surface area contributed by atoms with Gasteiger partial charge in [0.05, 0.1) is 24.8 Å². The molecule has 0 saturated heterocycles. The first kappa shape index (κ1) is 21.8. The number of nitrogens with zero attached hydrogens (tertiary/aromatic N) is 2. The summed E-state index contributed by atoms with van der Waals surface area (Å²) in [6, 6.07) is 15.1. The van der Waals surface area contributed by atoms with Crippen molar-refractivity contribution in [2.75, 3.05) is 18.9 Å². The smallest absolute Gasteiger partial charge is 0.219 e. The largest absolute Gasteiger partial charge is 0.496 e. The van der Waals surface area contributed by atoms with Crippen molar-refractivity contribution in [2.45, 2.75) is 24.8 Å². The first-order chi connectivity index (χ1) is 15.6. The van der Waals surface area contributed by atoms with E-state index in [0.29, 0.717) is 40.7 Å². The number of nitrogens with two attached hydrogens (primary N) is 1. The molecule has 0 fully saturated rings. The van der Waals surface area contributed by atoms with E-state index in [2.05, 4.69) is 33.9 Å². The Morgan fingerprint density at radius 1 is 1.06 bits per heavy atom. The maximum atomic E-state index is 5.89. The van der Waals surface area contributed by atoms with Gasteiger partial charge in [-0.3, -0.25) is 0 Å². The molecule has 0 spiro atoms. The molecule has 32 heavy (non-hydrogen) atoms. The molecule has 0 atom stereocenters. The summed E-state index contributed by atoms with van der Waals surface area (Å²) in [7, 11) is 3.24. The number of benzene rings is 2. The molecule has 2 heterocycles. The standard InChI is InChI=1S/C23H24N4O4S/c1-4-14-8-9-17(28-2)20(10-14)32-27-23-22-18(29-3)11-16(12-19(22)31-26-23)30-21-7-5-6-15(13-24)25-21/h5-12H,4,13,24H2,1-3H3,(H,26,27). The second kappa shape index (κ2) is 9.80. The van der Waals surface area contributed by atoms with Crippen LogP contribution in [0.2, 0.25) is 0 Å². The average Bonchev–Trinajstić information content (AvgIpc) is 3.25. The third-order valence-electron chi connectivity index (χ3n) is 4.84. The Morgan fingerprint density at radius 3 is 2.66 bits per heavy atom. The van der Waals surface area contributed by atoms with Crippen LogP contribution < -0.4 is 24.7 Å². The molecule has 0 aliphatic carbocycles. The Kier molecular flexibility index (Phi) is 6.67. The van der Waals surface area contributed by atoms with E-state index in [-0.39, 0.29) is 0 Å². The molecule has 0 amide bonds. The van der Waals surface area contributed by atoms with E-state index in [0.717, 1.165) is 22.8 Å². The lowest BCUT2D eigenvalue weighted by Crippen LogP contribution is -2.00. The predicted molar refractivity (Wildman–Crippen MR) is 125 cm³/mol. The van der Waals surface area contributed by atoms with Crippen LogP contribution in [0.1, 0.15) is 18.2 Å². The molecule has 0 unspecified atom stereocenters. The van der Waals surface area contributed by atoms with Crippen LogP contribution in [0.15, 0.2) is 57.9 Å². The summed E-state index contributed by atoms with van der Waals surface area (Å²) in [5.74, 6) is 2.84. The lowest BCUT2D eigenvalue weighted by atomic mass is 10.2. The highest BCUT2D eigenvalue weighted by Gasteiger charge is 2.17. The molecule has 9 heteroatoms. The summed E-state index contributed by atoms with van der Waals surface area (Å²) in [4.78, 5) is 5.31. The Morgan fingerprint density at radius 2 is 1.91 bits per heavy atom. The fourth-order valence-corrected chi connectivity index (χ4v) is 3.98. The number of pyridine rings is 1. The number of methoxy groups -OCH3 is 2. The van der Waals surface area contributed by atoms with Crippen molar-refractivity contribution in [3.63, 3.8) is 0 Å². The molecule has 0 saturated carbocycles. The summed E-state index contributed by atoms with van der Waals surface area (Å²) in [5, 5.41) is 4.89. The van der Waals surface area contributed by atoms with Crippen molar-refractivity contribution < 1.29 is 18.7 Å².